The topological polar surface area (TPSA) is 86.6 Å². The summed E-state index contributed by atoms with van der Waals surface area (Å²) in [4.78, 5) is 0.0261. The van der Waals surface area contributed by atoms with Gasteiger partial charge in [-0.1, -0.05) is 17.7 Å². The highest BCUT2D eigenvalue weighted by Gasteiger charge is 2.16. The number of benzene rings is 1. The fourth-order valence-corrected chi connectivity index (χ4v) is 2.44. The fourth-order valence-electron chi connectivity index (χ4n) is 1.09. The van der Waals surface area contributed by atoms with Gasteiger partial charge in [0.25, 0.3) is 0 Å². The number of rotatable bonds is 5. The van der Waals surface area contributed by atoms with Crippen molar-refractivity contribution in [3.63, 3.8) is 0 Å². The van der Waals surface area contributed by atoms with Gasteiger partial charge in [-0.15, -0.1) is 0 Å². The standard InChI is InChI=1S/C10H14ClNO4S/c1-7-2-3-9(4-10(7)11)17(15,16)12-5-8(14)6-13/h2-4,8,12-14H,5-6H2,1H3. The summed E-state index contributed by atoms with van der Waals surface area (Å²) >= 11 is 5.83. The molecule has 0 fully saturated rings. The molecule has 1 atom stereocenters. The minimum atomic E-state index is -3.71. The van der Waals surface area contributed by atoms with Gasteiger partial charge in [-0.3, -0.25) is 0 Å². The molecule has 0 saturated heterocycles. The summed E-state index contributed by atoms with van der Waals surface area (Å²) in [5.74, 6) is 0. The Hall–Kier alpha value is -0.660. The Morgan fingerprint density at radius 2 is 2.12 bits per heavy atom. The van der Waals surface area contributed by atoms with E-state index >= 15 is 0 Å². The molecule has 0 bridgehead atoms. The number of halogens is 1. The zero-order chi connectivity index (χ0) is 13.1. The number of aliphatic hydroxyl groups is 2. The van der Waals surface area contributed by atoms with Gasteiger partial charge >= 0.3 is 0 Å². The summed E-state index contributed by atoms with van der Waals surface area (Å²) < 4.78 is 25.7. The normalized spacial score (nSPS) is 13.6. The van der Waals surface area contributed by atoms with Gasteiger partial charge in [0.1, 0.15) is 0 Å². The average Bonchev–Trinajstić information content (AvgIpc) is 2.29. The van der Waals surface area contributed by atoms with Crippen molar-refractivity contribution in [1.82, 2.24) is 4.72 Å². The first kappa shape index (κ1) is 14.4. The van der Waals surface area contributed by atoms with E-state index in [1.54, 1.807) is 13.0 Å². The van der Waals surface area contributed by atoms with E-state index in [0.29, 0.717) is 5.02 Å². The van der Waals surface area contributed by atoms with Crippen molar-refractivity contribution in [2.75, 3.05) is 13.2 Å². The van der Waals surface area contributed by atoms with E-state index in [4.69, 9.17) is 21.8 Å². The van der Waals surface area contributed by atoms with E-state index in [1.807, 2.05) is 0 Å². The number of hydrogen-bond acceptors (Lipinski definition) is 4. The summed E-state index contributed by atoms with van der Waals surface area (Å²) in [5, 5.41) is 18.0. The summed E-state index contributed by atoms with van der Waals surface area (Å²) in [5.41, 5.74) is 0.779. The molecule has 5 nitrogen and oxygen atoms in total. The molecule has 0 aliphatic rings. The SMILES string of the molecule is Cc1ccc(S(=O)(=O)NCC(O)CO)cc1Cl. The number of sulfonamides is 1. The fraction of sp³-hybridized carbons (Fsp3) is 0.400. The molecule has 0 radical (unpaired) electrons. The van der Waals surface area contributed by atoms with Crippen molar-refractivity contribution in [3.8, 4) is 0 Å². The Balaban J connectivity index is 2.86. The Labute approximate surface area is 105 Å². The molecule has 1 unspecified atom stereocenters. The summed E-state index contributed by atoms with van der Waals surface area (Å²) in [6.07, 6.45) is -1.12. The first-order valence-electron chi connectivity index (χ1n) is 4.91. The molecule has 96 valence electrons. The second-order valence-electron chi connectivity index (χ2n) is 3.60. The third kappa shape index (κ3) is 3.93. The van der Waals surface area contributed by atoms with Gasteiger partial charge in [0.2, 0.25) is 10.0 Å². The number of aryl methyl sites for hydroxylation is 1. The zero-order valence-corrected chi connectivity index (χ0v) is 10.8. The highest BCUT2D eigenvalue weighted by Crippen LogP contribution is 2.19. The van der Waals surface area contributed by atoms with Crippen LogP contribution >= 0.6 is 11.6 Å². The molecule has 0 spiro atoms. The van der Waals surface area contributed by atoms with Crippen molar-refractivity contribution in [3.05, 3.63) is 28.8 Å². The van der Waals surface area contributed by atoms with Crippen molar-refractivity contribution in [1.29, 1.82) is 0 Å². The van der Waals surface area contributed by atoms with Crippen LogP contribution in [-0.4, -0.2) is 37.9 Å². The molecule has 0 amide bonds. The predicted molar refractivity (Wildman–Crippen MR) is 64.5 cm³/mol. The molecule has 7 heteroatoms. The summed E-state index contributed by atoms with van der Waals surface area (Å²) in [7, 11) is -3.71. The minimum absolute atomic E-state index is 0.0261. The highest BCUT2D eigenvalue weighted by molar-refractivity contribution is 7.89. The molecule has 3 N–H and O–H groups in total. The van der Waals surface area contributed by atoms with Gasteiger partial charge in [-0.05, 0) is 24.6 Å². The Kier molecular flexibility index (Phi) is 4.91. The van der Waals surface area contributed by atoms with E-state index in [1.165, 1.54) is 12.1 Å². The lowest BCUT2D eigenvalue weighted by molar-refractivity contribution is 0.0988. The molecular formula is C10H14ClNO4S. The van der Waals surface area contributed by atoms with Crippen LogP contribution in [0, 0.1) is 6.92 Å². The maximum absolute atomic E-state index is 11.8. The van der Waals surface area contributed by atoms with Gasteiger partial charge in [-0.2, -0.15) is 0 Å². The van der Waals surface area contributed by atoms with E-state index in [2.05, 4.69) is 4.72 Å². The third-order valence-corrected chi connectivity index (χ3v) is 4.00. The van der Waals surface area contributed by atoms with Crippen LogP contribution in [0.4, 0.5) is 0 Å². The van der Waals surface area contributed by atoms with Crippen molar-refractivity contribution < 1.29 is 18.6 Å². The van der Waals surface area contributed by atoms with Gasteiger partial charge in [0, 0.05) is 11.6 Å². The average molecular weight is 280 g/mol. The van der Waals surface area contributed by atoms with Crippen LogP contribution in [0.1, 0.15) is 5.56 Å². The molecule has 17 heavy (non-hydrogen) atoms. The van der Waals surface area contributed by atoms with Crippen molar-refractivity contribution in [2.45, 2.75) is 17.9 Å². The summed E-state index contributed by atoms with van der Waals surface area (Å²) in [6, 6.07) is 4.36. The van der Waals surface area contributed by atoms with Crippen LogP contribution in [0.25, 0.3) is 0 Å². The van der Waals surface area contributed by atoms with Gasteiger partial charge in [-0.25, -0.2) is 13.1 Å². The van der Waals surface area contributed by atoms with Gasteiger partial charge in [0.15, 0.2) is 0 Å². The zero-order valence-electron chi connectivity index (χ0n) is 9.22. The second kappa shape index (κ2) is 5.79. The van der Waals surface area contributed by atoms with Crippen molar-refractivity contribution >= 4 is 21.6 Å². The second-order valence-corrected chi connectivity index (χ2v) is 5.77. The lowest BCUT2D eigenvalue weighted by atomic mass is 10.2. The van der Waals surface area contributed by atoms with Crippen LogP contribution < -0.4 is 4.72 Å². The van der Waals surface area contributed by atoms with E-state index in [-0.39, 0.29) is 11.4 Å². The van der Waals surface area contributed by atoms with Crippen LogP contribution in [-0.2, 0) is 10.0 Å². The lowest BCUT2D eigenvalue weighted by Gasteiger charge is -2.10. The first-order valence-corrected chi connectivity index (χ1v) is 6.77. The minimum Gasteiger partial charge on any atom is -0.394 e. The molecule has 0 aliphatic carbocycles. The smallest absolute Gasteiger partial charge is 0.240 e. The Morgan fingerprint density at radius 1 is 1.47 bits per heavy atom. The molecule has 0 aromatic heterocycles. The third-order valence-electron chi connectivity index (χ3n) is 2.17. The Morgan fingerprint density at radius 3 is 2.65 bits per heavy atom. The van der Waals surface area contributed by atoms with Crippen molar-refractivity contribution in [2.24, 2.45) is 0 Å². The Bertz CT molecular complexity index is 489. The first-order chi connectivity index (χ1) is 7.86. The van der Waals surface area contributed by atoms with Crippen LogP contribution in [0.15, 0.2) is 23.1 Å². The number of hydrogen-bond donors (Lipinski definition) is 3. The molecule has 1 aromatic rings. The lowest BCUT2D eigenvalue weighted by Crippen LogP contribution is -2.33. The highest BCUT2D eigenvalue weighted by atomic mass is 35.5. The van der Waals surface area contributed by atoms with E-state index < -0.39 is 22.7 Å². The monoisotopic (exact) mass is 279 g/mol. The van der Waals surface area contributed by atoms with Gasteiger partial charge in [0.05, 0.1) is 17.6 Å². The maximum atomic E-state index is 11.8. The van der Waals surface area contributed by atoms with Gasteiger partial charge < -0.3 is 10.2 Å². The number of nitrogens with one attached hydrogen (secondary N) is 1. The van der Waals surface area contributed by atoms with Crippen LogP contribution in [0.3, 0.4) is 0 Å². The molecule has 0 heterocycles. The maximum Gasteiger partial charge on any atom is 0.240 e. The molecule has 0 saturated carbocycles. The van der Waals surface area contributed by atoms with E-state index in [0.717, 1.165) is 5.56 Å². The molecule has 1 rings (SSSR count). The van der Waals surface area contributed by atoms with E-state index in [9.17, 15) is 8.42 Å². The van der Waals surface area contributed by atoms with Crippen LogP contribution in [0.5, 0.6) is 0 Å². The molecule has 0 aliphatic heterocycles. The summed E-state index contributed by atoms with van der Waals surface area (Å²) in [6.45, 7) is 1.02. The van der Waals surface area contributed by atoms with Crippen LogP contribution in [0.2, 0.25) is 5.02 Å². The largest absolute Gasteiger partial charge is 0.394 e. The predicted octanol–water partition coefficient (Wildman–Crippen LogP) is 0.280. The quantitative estimate of drug-likeness (QED) is 0.723. The number of aliphatic hydroxyl groups excluding tert-OH is 2. The molecule has 1 aromatic carbocycles. The molecular weight excluding hydrogens is 266 g/mol.